The van der Waals surface area contributed by atoms with Crippen molar-refractivity contribution >= 4 is 11.9 Å². The lowest BCUT2D eigenvalue weighted by atomic mass is 9.87. The molecule has 1 aliphatic heterocycles. The van der Waals surface area contributed by atoms with Gasteiger partial charge in [-0.2, -0.15) is 5.10 Å². The topological polar surface area (TPSA) is 101 Å². The van der Waals surface area contributed by atoms with Crippen molar-refractivity contribution in [1.29, 1.82) is 0 Å². The predicted octanol–water partition coefficient (Wildman–Crippen LogP) is 1.77. The molecule has 0 saturated carbocycles. The summed E-state index contributed by atoms with van der Waals surface area (Å²) in [5.74, 6) is -0.765. The first-order valence-corrected chi connectivity index (χ1v) is 9.03. The number of hydrogen-bond donors (Lipinski definition) is 1. The molecule has 8 nitrogen and oxygen atoms in total. The van der Waals surface area contributed by atoms with Crippen LogP contribution in [0.1, 0.15) is 53.1 Å². The predicted molar refractivity (Wildman–Crippen MR) is 90.9 cm³/mol. The van der Waals surface area contributed by atoms with Gasteiger partial charge in [-0.1, -0.05) is 5.16 Å². The van der Waals surface area contributed by atoms with Crippen LogP contribution in [0, 0.1) is 6.92 Å². The summed E-state index contributed by atoms with van der Waals surface area (Å²) < 4.78 is 6.88. The highest BCUT2D eigenvalue weighted by atomic mass is 16.5. The Hall–Kier alpha value is -2.64. The van der Waals surface area contributed by atoms with Crippen molar-refractivity contribution in [3.8, 4) is 0 Å². The average Bonchev–Trinajstić information content (AvgIpc) is 3.27. The van der Waals surface area contributed by atoms with Crippen LogP contribution in [0.2, 0.25) is 0 Å². The number of nitrogens with zero attached hydrogens (tertiary/aromatic N) is 4. The van der Waals surface area contributed by atoms with E-state index in [1.54, 1.807) is 17.3 Å². The number of piperidine rings is 1. The van der Waals surface area contributed by atoms with Gasteiger partial charge in [0.1, 0.15) is 0 Å². The van der Waals surface area contributed by atoms with Crippen molar-refractivity contribution in [2.75, 3.05) is 13.1 Å². The van der Waals surface area contributed by atoms with Crippen molar-refractivity contribution in [2.45, 2.75) is 51.0 Å². The van der Waals surface area contributed by atoms with Gasteiger partial charge in [-0.15, -0.1) is 0 Å². The van der Waals surface area contributed by atoms with E-state index < -0.39 is 11.5 Å². The Kier molecular flexibility index (Phi) is 4.05. The molecule has 26 heavy (non-hydrogen) atoms. The average molecular weight is 358 g/mol. The van der Waals surface area contributed by atoms with Crippen molar-refractivity contribution < 1.29 is 19.2 Å². The highest BCUT2D eigenvalue weighted by Crippen LogP contribution is 2.32. The second-order valence-corrected chi connectivity index (χ2v) is 7.24. The number of fused-ring (bicyclic) bond motifs is 1. The molecule has 138 valence electrons. The van der Waals surface area contributed by atoms with Crippen LogP contribution in [-0.2, 0) is 23.2 Å². The molecule has 2 aromatic heterocycles. The summed E-state index contributed by atoms with van der Waals surface area (Å²) >= 11 is 0. The lowest BCUT2D eigenvalue weighted by molar-refractivity contribution is -0.150. The van der Waals surface area contributed by atoms with Crippen LogP contribution >= 0.6 is 0 Å². The lowest BCUT2D eigenvalue weighted by Crippen LogP contribution is -2.52. The maximum Gasteiger partial charge on any atom is 0.331 e. The maximum absolute atomic E-state index is 12.9. The molecule has 1 N–H and O–H groups in total. The summed E-state index contributed by atoms with van der Waals surface area (Å²) in [7, 11) is 0. The number of amides is 1. The molecule has 8 heteroatoms. The van der Waals surface area contributed by atoms with E-state index in [1.807, 2.05) is 6.92 Å². The van der Waals surface area contributed by atoms with Crippen LogP contribution in [0.5, 0.6) is 0 Å². The minimum Gasteiger partial charge on any atom is -0.479 e. The Labute approximate surface area is 150 Å². The zero-order valence-electron chi connectivity index (χ0n) is 14.8. The van der Waals surface area contributed by atoms with E-state index in [4.69, 9.17) is 4.52 Å². The SMILES string of the molecule is Cc1cnn(C2(C(=O)O)CCN(C(=O)c3onc4c3CCCC4)CC2)c1. The zero-order valence-corrected chi connectivity index (χ0v) is 14.8. The largest absolute Gasteiger partial charge is 0.479 e. The van der Waals surface area contributed by atoms with Gasteiger partial charge in [0.25, 0.3) is 5.91 Å². The molecule has 0 atom stereocenters. The summed E-state index contributed by atoms with van der Waals surface area (Å²) in [5.41, 5.74) is 1.63. The molecule has 0 aromatic carbocycles. The summed E-state index contributed by atoms with van der Waals surface area (Å²) in [5, 5.41) is 18.1. The summed E-state index contributed by atoms with van der Waals surface area (Å²) in [6, 6.07) is 0. The van der Waals surface area contributed by atoms with Gasteiger partial charge in [-0.25, -0.2) is 4.79 Å². The number of likely N-dealkylation sites (tertiary alicyclic amines) is 1. The molecule has 0 radical (unpaired) electrons. The number of carbonyl (C=O) groups excluding carboxylic acids is 1. The Balaban J connectivity index is 1.53. The molecule has 1 saturated heterocycles. The molecule has 1 aliphatic carbocycles. The van der Waals surface area contributed by atoms with Crippen LogP contribution in [0.4, 0.5) is 0 Å². The minimum atomic E-state index is -1.11. The van der Waals surface area contributed by atoms with E-state index in [2.05, 4.69) is 10.3 Å². The first kappa shape index (κ1) is 16.8. The summed E-state index contributed by atoms with van der Waals surface area (Å²) in [6.07, 6.45) is 7.81. The summed E-state index contributed by atoms with van der Waals surface area (Å²) in [4.78, 5) is 26.5. The fourth-order valence-electron chi connectivity index (χ4n) is 3.97. The number of carboxylic acid groups (broad SMARTS) is 1. The van der Waals surface area contributed by atoms with Crippen molar-refractivity contribution in [2.24, 2.45) is 0 Å². The lowest BCUT2D eigenvalue weighted by Gasteiger charge is -2.38. The molecule has 0 bridgehead atoms. The zero-order chi connectivity index (χ0) is 18.3. The standard InChI is InChI=1S/C18H22N4O4/c1-12-10-19-22(11-12)18(17(24)25)6-8-21(9-7-18)16(23)15-13-4-2-3-5-14(13)20-26-15/h10-11H,2-9H2,1H3,(H,24,25). The molecule has 4 rings (SSSR count). The number of aromatic nitrogens is 3. The van der Waals surface area contributed by atoms with Crippen molar-refractivity contribution in [1.82, 2.24) is 19.8 Å². The molecule has 2 aromatic rings. The van der Waals surface area contributed by atoms with Crippen LogP contribution < -0.4 is 0 Å². The van der Waals surface area contributed by atoms with Gasteiger partial charge < -0.3 is 14.5 Å². The second-order valence-electron chi connectivity index (χ2n) is 7.24. The summed E-state index contributed by atoms with van der Waals surface area (Å²) in [6.45, 7) is 2.57. The number of carboxylic acids is 1. The van der Waals surface area contributed by atoms with E-state index >= 15 is 0 Å². The third kappa shape index (κ3) is 2.60. The van der Waals surface area contributed by atoms with Crippen LogP contribution in [0.15, 0.2) is 16.9 Å². The number of carbonyl (C=O) groups is 2. The second kappa shape index (κ2) is 6.26. The van der Waals surface area contributed by atoms with Gasteiger partial charge in [0.2, 0.25) is 5.76 Å². The maximum atomic E-state index is 12.9. The van der Waals surface area contributed by atoms with E-state index in [9.17, 15) is 14.7 Å². The van der Waals surface area contributed by atoms with Crippen LogP contribution in [0.25, 0.3) is 0 Å². The quantitative estimate of drug-likeness (QED) is 0.897. The van der Waals surface area contributed by atoms with E-state index in [1.165, 1.54) is 4.68 Å². The van der Waals surface area contributed by atoms with Gasteiger partial charge in [0.05, 0.1) is 11.9 Å². The number of aliphatic carboxylic acids is 1. The highest BCUT2D eigenvalue weighted by molar-refractivity contribution is 5.93. The first-order valence-electron chi connectivity index (χ1n) is 9.03. The fraction of sp³-hybridized carbons (Fsp3) is 0.556. The molecule has 0 unspecified atom stereocenters. The van der Waals surface area contributed by atoms with Gasteiger partial charge >= 0.3 is 5.97 Å². The fourth-order valence-corrected chi connectivity index (χ4v) is 3.97. The smallest absolute Gasteiger partial charge is 0.331 e. The normalized spacial score (nSPS) is 19.2. The Morgan fingerprint density at radius 2 is 1.96 bits per heavy atom. The van der Waals surface area contributed by atoms with Gasteiger partial charge in [0, 0.05) is 37.7 Å². The van der Waals surface area contributed by atoms with Gasteiger partial charge in [-0.3, -0.25) is 9.48 Å². The van der Waals surface area contributed by atoms with E-state index in [0.29, 0.717) is 31.7 Å². The Morgan fingerprint density at radius 3 is 2.62 bits per heavy atom. The van der Waals surface area contributed by atoms with Crippen LogP contribution in [-0.4, -0.2) is 49.9 Å². The molecule has 1 fully saturated rings. The van der Waals surface area contributed by atoms with Crippen LogP contribution in [0.3, 0.4) is 0 Å². The minimum absolute atomic E-state index is 0.184. The highest BCUT2D eigenvalue weighted by Gasteiger charge is 2.45. The number of hydrogen-bond acceptors (Lipinski definition) is 5. The molecule has 3 heterocycles. The van der Waals surface area contributed by atoms with Gasteiger partial charge in [0.15, 0.2) is 5.54 Å². The van der Waals surface area contributed by atoms with Gasteiger partial charge in [-0.05, 0) is 38.2 Å². The van der Waals surface area contributed by atoms with Crippen molar-refractivity contribution in [3.63, 3.8) is 0 Å². The monoisotopic (exact) mass is 358 g/mol. The molecule has 1 amide bonds. The van der Waals surface area contributed by atoms with Crippen molar-refractivity contribution in [3.05, 3.63) is 35.0 Å². The first-order chi connectivity index (χ1) is 12.5. The number of aryl methyl sites for hydroxylation is 2. The molecule has 2 aliphatic rings. The van der Waals surface area contributed by atoms with E-state index in [-0.39, 0.29) is 5.91 Å². The third-order valence-corrected chi connectivity index (χ3v) is 5.58. The Bertz CT molecular complexity index is 845. The third-order valence-electron chi connectivity index (χ3n) is 5.58. The molecular formula is C18H22N4O4. The Morgan fingerprint density at radius 1 is 1.23 bits per heavy atom. The molecular weight excluding hydrogens is 336 g/mol. The molecule has 0 spiro atoms. The number of rotatable bonds is 3. The van der Waals surface area contributed by atoms with E-state index in [0.717, 1.165) is 42.5 Å².